The van der Waals surface area contributed by atoms with Crippen molar-refractivity contribution in [3.8, 4) is 0 Å². The van der Waals surface area contributed by atoms with Gasteiger partial charge in [-0.2, -0.15) is 0 Å². The van der Waals surface area contributed by atoms with Gasteiger partial charge in [-0.15, -0.1) is 0 Å². The van der Waals surface area contributed by atoms with Crippen LogP contribution in [0, 0.1) is 0 Å². The predicted molar refractivity (Wildman–Crippen MR) is 79.9 cm³/mol. The zero-order valence-electron chi connectivity index (χ0n) is 12.7. The lowest BCUT2D eigenvalue weighted by atomic mass is 9.98. The Kier molecular flexibility index (Phi) is 7.88. The molecule has 2 atom stereocenters. The van der Waals surface area contributed by atoms with Crippen LogP contribution < -0.4 is 5.32 Å². The summed E-state index contributed by atoms with van der Waals surface area (Å²) in [6.45, 7) is 2.94. The van der Waals surface area contributed by atoms with Gasteiger partial charge in [0.1, 0.15) is 0 Å². The van der Waals surface area contributed by atoms with Gasteiger partial charge >= 0.3 is 0 Å². The average Bonchev–Trinajstić information content (AvgIpc) is 2.52. The molecule has 1 aliphatic heterocycles. The summed E-state index contributed by atoms with van der Waals surface area (Å²) in [6.07, 6.45) is 11.4. The standard InChI is InChI=1S/C16H31NO3/c18-14(13-20-15-6-2-1-3-7-15)12-17-10-9-16-8-4-5-11-19-16/h14-18H,1-13H2. The zero-order chi connectivity index (χ0) is 14.0. The molecule has 0 amide bonds. The normalized spacial score (nSPS) is 26.6. The van der Waals surface area contributed by atoms with E-state index in [1.807, 2.05) is 0 Å². The van der Waals surface area contributed by atoms with Crippen LogP contribution in [-0.2, 0) is 9.47 Å². The van der Waals surface area contributed by atoms with Crippen molar-refractivity contribution in [2.24, 2.45) is 0 Å². The number of hydrogen-bond donors (Lipinski definition) is 2. The Morgan fingerprint density at radius 2 is 1.90 bits per heavy atom. The Hall–Kier alpha value is -0.160. The van der Waals surface area contributed by atoms with Gasteiger partial charge in [0.2, 0.25) is 0 Å². The van der Waals surface area contributed by atoms with Crippen molar-refractivity contribution in [3.05, 3.63) is 0 Å². The van der Waals surface area contributed by atoms with Crippen molar-refractivity contribution in [3.63, 3.8) is 0 Å². The van der Waals surface area contributed by atoms with Crippen LogP contribution in [0.5, 0.6) is 0 Å². The van der Waals surface area contributed by atoms with Crippen molar-refractivity contribution in [2.45, 2.75) is 76.1 Å². The number of aliphatic hydroxyl groups excluding tert-OH is 1. The summed E-state index contributed by atoms with van der Waals surface area (Å²) in [5, 5.41) is 13.2. The van der Waals surface area contributed by atoms with Crippen molar-refractivity contribution >= 4 is 0 Å². The molecule has 2 unspecified atom stereocenters. The minimum absolute atomic E-state index is 0.383. The molecule has 2 aliphatic rings. The molecule has 2 rings (SSSR count). The molecule has 0 aromatic heterocycles. The first-order valence-electron chi connectivity index (χ1n) is 8.46. The molecule has 1 aliphatic carbocycles. The maximum absolute atomic E-state index is 9.90. The van der Waals surface area contributed by atoms with E-state index in [4.69, 9.17) is 9.47 Å². The second-order valence-corrected chi connectivity index (χ2v) is 6.23. The van der Waals surface area contributed by atoms with Crippen LogP contribution in [0.25, 0.3) is 0 Å². The van der Waals surface area contributed by atoms with Crippen molar-refractivity contribution in [2.75, 3.05) is 26.3 Å². The number of ether oxygens (including phenoxy) is 2. The first kappa shape index (κ1) is 16.2. The van der Waals surface area contributed by atoms with Gasteiger partial charge in [0.15, 0.2) is 0 Å². The van der Waals surface area contributed by atoms with Gasteiger partial charge in [-0.1, -0.05) is 19.3 Å². The average molecular weight is 285 g/mol. The van der Waals surface area contributed by atoms with Gasteiger partial charge in [0, 0.05) is 13.2 Å². The van der Waals surface area contributed by atoms with Crippen molar-refractivity contribution in [1.82, 2.24) is 5.32 Å². The fourth-order valence-corrected chi connectivity index (χ4v) is 3.10. The summed E-state index contributed by atoms with van der Waals surface area (Å²) in [5.41, 5.74) is 0. The highest BCUT2D eigenvalue weighted by atomic mass is 16.5. The number of hydrogen-bond acceptors (Lipinski definition) is 4. The Morgan fingerprint density at radius 3 is 2.65 bits per heavy atom. The van der Waals surface area contributed by atoms with E-state index in [-0.39, 0.29) is 6.10 Å². The highest BCUT2D eigenvalue weighted by molar-refractivity contribution is 4.68. The highest BCUT2D eigenvalue weighted by Gasteiger charge is 2.16. The lowest BCUT2D eigenvalue weighted by Gasteiger charge is -2.24. The molecule has 1 saturated heterocycles. The lowest BCUT2D eigenvalue weighted by Crippen LogP contribution is -2.34. The molecule has 0 spiro atoms. The van der Waals surface area contributed by atoms with Gasteiger partial charge in [-0.25, -0.2) is 0 Å². The molecule has 0 aromatic carbocycles. The monoisotopic (exact) mass is 285 g/mol. The summed E-state index contributed by atoms with van der Waals surface area (Å²) in [6, 6.07) is 0. The summed E-state index contributed by atoms with van der Waals surface area (Å²) < 4.78 is 11.5. The second kappa shape index (κ2) is 9.72. The molecule has 2 N–H and O–H groups in total. The SMILES string of the molecule is OC(CNCCC1CCCCO1)COC1CCCCC1. The summed E-state index contributed by atoms with van der Waals surface area (Å²) >= 11 is 0. The van der Waals surface area contributed by atoms with Crippen LogP contribution in [-0.4, -0.2) is 49.7 Å². The lowest BCUT2D eigenvalue weighted by molar-refractivity contribution is -0.0237. The van der Waals surface area contributed by atoms with E-state index in [1.165, 1.54) is 51.4 Å². The van der Waals surface area contributed by atoms with E-state index in [9.17, 15) is 5.11 Å². The second-order valence-electron chi connectivity index (χ2n) is 6.23. The van der Waals surface area contributed by atoms with Gasteiger partial charge in [-0.05, 0) is 45.1 Å². The van der Waals surface area contributed by atoms with Crippen molar-refractivity contribution in [1.29, 1.82) is 0 Å². The molecule has 1 heterocycles. The third-order valence-electron chi connectivity index (χ3n) is 4.37. The number of nitrogens with one attached hydrogen (secondary N) is 1. The van der Waals surface area contributed by atoms with Crippen LogP contribution in [0.1, 0.15) is 57.8 Å². The van der Waals surface area contributed by atoms with Gasteiger partial charge in [0.05, 0.1) is 24.9 Å². The van der Waals surface area contributed by atoms with E-state index in [2.05, 4.69) is 5.32 Å². The van der Waals surface area contributed by atoms with Gasteiger partial charge in [0.25, 0.3) is 0 Å². The Morgan fingerprint density at radius 1 is 1.10 bits per heavy atom. The van der Waals surface area contributed by atoms with E-state index < -0.39 is 0 Å². The predicted octanol–water partition coefficient (Wildman–Crippen LogP) is 2.25. The maximum Gasteiger partial charge on any atom is 0.0897 e. The van der Waals surface area contributed by atoms with Crippen LogP contribution in [0.2, 0.25) is 0 Å². The van der Waals surface area contributed by atoms with E-state index in [0.29, 0.717) is 25.4 Å². The zero-order valence-corrected chi connectivity index (χ0v) is 12.7. The highest BCUT2D eigenvalue weighted by Crippen LogP contribution is 2.20. The minimum atomic E-state index is -0.385. The smallest absolute Gasteiger partial charge is 0.0897 e. The summed E-state index contributed by atoms with van der Waals surface area (Å²) in [4.78, 5) is 0. The van der Waals surface area contributed by atoms with Crippen LogP contribution in [0.3, 0.4) is 0 Å². The Labute approximate surface area is 123 Å². The Bertz CT molecular complexity index is 238. The third-order valence-corrected chi connectivity index (χ3v) is 4.37. The fraction of sp³-hybridized carbons (Fsp3) is 1.00. The molecule has 4 heteroatoms. The van der Waals surface area contributed by atoms with Crippen LogP contribution in [0.4, 0.5) is 0 Å². The van der Waals surface area contributed by atoms with E-state index >= 15 is 0 Å². The molecule has 20 heavy (non-hydrogen) atoms. The Balaban J connectivity index is 1.44. The van der Waals surface area contributed by atoms with Gasteiger partial charge in [-0.3, -0.25) is 0 Å². The van der Waals surface area contributed by atoms with E-state index in [0.717, 1.165) is 19.6 Å². The van der Waals surface area contributed by atoms with Gasteiger partial charge < -0.3 is 19.9 Å². The first-order valence-corrected chi connectivity index (χ1v) is 8.46. The number of rotatable bonds is 8. The topological polar surface area (TPSA) is 50.7 Å². The molecular weight excluding hydrogens is 254 g/mol. The first-order chi connectivity index (χ1) is 9.84. The van der Waals surface area contributed by atoms with Crippen LogP contribution >= 0.6 is 0 Å². The largest absolute Gasteiger partial charge is 0.389 e. The van der Waals surface area contributed by atoms with E-state index in [1.54, 1.807) is 0 Å². The third kappa shape index (κ3) is 6.53. The molecular formula is C16H31NO3. The van der Waals surface area contributed by atoms with Crippen LogP contribution in [0.15, 0.2) is 0 Å². The molecule has 0 radical (unpaired) electrons. The molecule has 118 valence electrons. The molecule has 0 bridgehead atoms. The molecule has 4 nitrogen and oxygen atoms in total. The minimum Gasteiger partial charge on any atom is -0.389 e. The molecule has 2 fully saturated rings. The quantitative estimate of drug-likeness (QED) is 0.672. The number of aliphatic hydroxyl groups is 1. The fourth-order valence-electron chi connectivity index (χ4n) is 3.10. The summed E-state index contributed by atoms with van der Waals surface area (Å²) in [7, 11) is 0. The maximum atomic E-state index is 9.90. The molecule has 0 aromatic rings. The summed E-state index contributed by atoms with van der Waals surface area (Å²) in [5.74, 6) is 0. The molecule has 1 saturated carbocycles. The van der Waals surface area contributed by atoms with Crippen molar-refractivity contribution < 1.29 is 14.6 Å².